The summed E-state index contributed by atoms with van der Waals surface area (Å²) < 4.78 is 13.6. The lowest BCUT2D eigenvalue weighted by atomic mass is 10.0. The van der Waals surface area contributed by atoms with Gasteiger partial charge in [-0.3, -0.25) is 9.78 Å². The molecule has 1 unspecified atom stereocenters. The van der Waals surface area contributed by atoms with Gasteiger partial charge in [0.1, 0.15) is 11.6 Å². The number of anilines is 1. The van der Waals surface area contributed by atoms with E-state index in [9.17, 15) is 4.79 Å². The molecule has 198 valence electrons. The van der Waals surface area contributed by atoms with Gasteiger partial charge in [-0.05, 0) is 73.4 Å². The number of carbonyl (C=O) groups is 1. The monoisotopic (exact) mass is 520 g/mol. The quantitative estimate of drug-likeness (QED) is 0.236. The fraction of sp³-hybridized carbons (Fsp3) is 0.281. The summed E-state index contributed by atoms with van der Waals surface area (Å²) in [6, 6.07) is 22.3. The highest BCUT2D eigenvalue weighted by Gasteiger charge is 2.21. The molecule has 2 aromatic carbocycles. The van der Waals surface area contributed by atoms with Crippen LogP contribution in [0.15, 0.2) is 79.1 Å². The summed E-state index contributed by atoms with van der Waals surface area (Å²) in [6.07, 6.45) is 7.09. The Morgan fingerprint density at radius 1 is 1.08 bits per heavy atom. The number of benzene rings is 2. The average Bonchev–Trinajstić information content (AvgIpc) is 3.39. The second-order valence-electron chi connectivity index (χ2n) is 9.87. The van der Waals surface area contributed by atoms with Gasteiger partial charge in [0.15, 0.2) is 0 Å². The summed E-state index contributed by atoms with van der Waals surface area (Å²) in [5, 5.41) is 5.48. The van der Waals surface area contributed by atoms with Crippen LogP contribution in [0.1, 0.15) is 42.6 Å². The molecule has 0 aliphatic carbocycles. The molecule has 3 aromatic heterocycles. The van der Waals surface area contributed by atoms with E-state index in [-0.39, 0.29) is 18.4 Å². The number of ether oxygens (including phenoxy) is 2. The molecule has 1 aliphatic rings. The molecule has 0 bridgehead atoms. The lowest BCUT2D eigenvalue weighted by Crippen LogP contribution is -2.17. The van der Waals surface area contributed by atoms with Crippen LogP contribution in [0.4, 0.5) is 5.82 Å². The third kappa shape index (κ3) is 5.43. The van der Waals surface area contributed by atoms with E-state index in [2.05, 4.69) is 45.2 Å². The van der Waals surface area contributed by atoms with Crippen molar-refractivity contribution in [1.29, 1.82) is 0 Å². The summed E-state index contributed by atoms with van der Waals surface area (Å²) in [4.78, 5) is 22.0. The third-order valence-electron chi connectivity index (χ3n) is 7.27. The third-order valence-corrected chi connectivity index (χ3v) is 7.27. The first-order chi connectivity index (χ1) is 19.2. The van der Waals surface area contributed by atoms with Crippen molar-refractivity contribution in [3.05, 3.63) is 95.9 Å². The first-order valence-electron chi connectivity index (χ1n) is 13.6. The number of hydrogen-bond donors (Lipinski definition) is 1. The van der Waals surface area contributed by atoms with E-state index in [0.717, 1.165) is 70.4 Å². The maximum absolute atomic E-state index is 12.6. The molecule has 5 aromatic rings. The van der Waals surface area contributed by atoms with Crippen LogP contribution in [0.25, 0.3) is 21.8 Å². The molecule has 6 rings (SSSR count). The molecule has 4 heterocycles. The predicted molar refractivity (Wildman–Crippen MR) is 153 cm³/mol. The van der Waals surface area contributed by atoms with Gasteiger partial charge >= 0.3 is 5.97 Å². The van der Waals surface area contributed by atoms with Gasteiger partial charge in [-0.15, -0.1) is 0 Å². The van der Waals surface area contributed by atoms with Gasteiger partial charge in [-0.2, -0.15) is 0 Å². The van der Waals surface area contributed by atoms with E-state index < -0.39 is 0 Å². The van der Waals surface area contributed by atoms with Crippen LogP contribution >= 0.6 is 0 Å². The topological polar surface area (TPSA) is 78.3 Å². The van der Waals surface area contributed by atoms with E-state index in [1.807, 2.05) is 55.7 Å². The predicted octanol–water partition coefficient (Wildman–Crippen LogP) is 6.11. The van der Waals surface area contributed by atoms with Crippen molar-refractivity contribution in [2.75, 3.05) is 25.1 Å². The Labute approximate surface area is 227 Å². The van der Waals surface area contributed by atoms with Gasteiger partial charge in [0.25, 0.3) is 0 Å². The highest BCUT2D eigenvalue weighted by atomic mass is 16.5. The zero-order valence-electron chi connectivity index (χ0n) is 22.1. The van der Waals surface area contributed by atoms with Gasteiger partial charge < -0.3 is 19.4 Å². The maximum atomic E-state index is 12.6. The summed E-state index contributed by atoms with van der Waals surface area (Å²) in [7, 11) is 0. The molecular formula is C32H32N4O3. The standard InChI is InChI=1S/C32H32N4O3/c1-2-38-31(37)20-30(25-18-23-6-3-4-8-28(23)34-21-25)36-16-13-24-19-27(11-12-29(24)36)39-17-14-26-10-9-22-7-5-15-33-32(22)35-26/h3-4,6,8-13,16,18-19,21,30H,2,5,7,14-15,17,20H2,1H3,(H,33,35). The van der Waals surface area contributed by atoms with Crippen molar-refractivity contribution >= 4 is 33.6 Å². The minimum absolute atomic E-state index is 0.221. The highest BCUT2D eigenvalue weighted by Crippen LogP contribution is 2.31. The summed E-state index contributed by atoms with van der Waals surface area (Å²) in [5.41, 5.74) is 5.23. The zero-order chi connectivity index (χ0) is 26.6. The Kier molecular flexibility index (Phi) is 7.13. The number of aromatic nitrogens is 3. The Balaban J connectivity index is 1.22. The maximum Gasteiger partial charge on any atom is 0.308 e. The lowest BCUT2D eigenvalue weighted by molar-refractivity contribution is -0.143. The summed E-state index contributed by atoms with van der Waals surface area (Å²) >= 11 is 0. The van der Waals surface area contributed by atoms with Crippen LogP contribution in [0.5, 0.6) is 5.75 Å². The van der Waals surface area contributed by atoms with Gasteiger partial charge in [0.2, 0.25) is 0 Å². The van der Waals surface area contributed by atoms with E-state index in [4.69, 9.17) is 14.5 Å². The van der Waals surface area contributed by atoms with Crippen LogP contribution in [0.2, 0.25) is 0 Å². The second kappa shape index (κ2) is 11.2. The molecule has 0 saturated carbocycles. The number of nitrogens with zero attached hydrogens (tertiary/aromatic N) is 3. The minimum Gasteiger partial charge on any atom is -0.493 e. The van der Waals surface area contributed by atoms with E-state index in [1.54, 1.807) is 0 Å². The molecule has 39 heavy (non-hydrogen) atoms. The van der Waals surface area contributed by atoms with E-state index >= 15 is 0 Å². The molecule has 1 atom stereocenters. The molecular weight excluding hydrogens is 488 g/mol. The molecule has 1 aliphatic heterocycles. The summed E-state index contributed by atoms with van der Waals surface area (Å²) in [6.45, 7) is 3.71. The highest BCUT2D eigenvalue weighted by molar-refractivity contribution is 5.83. The van der Waals surface area contributed by atoms with Gasteiger partial charge in [-0.25, -0.2) is 4.98 Å². The van der Waals surface area contributed by atoms with Gasteiger partial charge in [0, 0.05) is 47.3 Å². The van der Waals surface area contributed by atoms with Crippen LogP contribution in [-0.4, -0.2) is 40.3 Å². The van der Waals surface area contributed by atoms with Crippen LogP contribution < -0.4 is 10.1 Å². The second-order valence-corrected chi connectivity index (χ2v) is 9.87. The molecule has 0 saturated heterocycles. The largest absolute Gasteiger partial charge is 0.493 e. The average molecular weight is 521 g/mol. The Morgan fingerprint density at radius 3 is 2.92 bits per heavy atom. The van der Waals surface area contributed by atoms with Crippen molar-refractivity contribution in [3.63, 3.8) is 0 Å². The molecule has 1 N–H and O–H groups in total. The van der Waals surface area contributed by atoms with Crippen molar-refractivity contribution in [1.82, 2.24) is 14.5 Å². The zero-order valence-corrected chi connectivity index (χ0v) is 22.1. The van der Waals surface area contributed by atoms with Crippen molar-refractivity contribution in [3.8, 4) is 5.75 Å². The number of nitrogens with one attached hydrogen (secondary N) is 1. The fourth-order valence-corrected chi connectivity index (χ4v) is 5.31. The van der Waals surface area contributed by atoms with Crippen molar-refractivity contribution < 1.29 is 14.3 Å². The number of pyridine rings is 2. The summed E-state index contributed by atoms with van der Waals surface area (Å²) in [5.74, 6) is 1.59. The van der Waals surface area contributed by atoms with E-state index in [1.165, 1.54) is 5.56 Å². The number of para-hydroxylation sites is 1. The molecule has 0 spiro atoms. The Bertz CT molecular complexity index is 1630. The number of carbonyl (C=O) groups excluding carboxylic acids is 1. The Hall–Kier alpha value is -4.39. The minimum atomic E-state index is -0.242. The Morgan fingerprint density at radius 2 is 2.00 bits per heavy atom. The normalized spacial score (nSPS) is 13.6. The number of hydrogen-bond acceptors (Lipinski definition) is 6. The van der Waals surface area contributed by atoms with Crippen LogP contribution in [0, 0.1) is 0 Å². The first kappa shape index (κ1) is 24.9. The van der Waals surface area contributed by atoms with Crippen LogP contribution in [-0.2, 0) is 22.4 Å². The molecule has 7 heteroatoms. The molecule has 7 nitrogen and oxygen atoms in total. The number of aryl methyl sites for hydroxylation is 1. The van der Waals surface area contributed by atoms with Crippen molar-refractivity contribution in [2.45, 2.75) is 38.6 Å². The lowest BCUT2D eigenvalue weighted by Gasteiger charge is -2.20. The number of rotatable bonds is 9. The number of esters is 1. The smallest absolute Gasteiger partial charge is 0.308 e. The van der Waals surface area contributed by atoms with Crippen molar-refractivity contribution in [2.24, 2.45) is 0 Å². The van der Waals surface area contributed by atoms with Gasteiger partial charge in [-0.1, -0.05) is 24.3 Å². The van der Waals surface area contributed by atoms with Gasteiger partial charge in [0.05, 0.1) is 31.2 Å². The first-order valence-corrected chi connectivity index (χ1v) is 13.6. The fourth-order valence-electron chi connectivity index (χ4n) is 5.31. The number of fused-ring (bicyclic) bond motifs is 3. The van der Waals surface area contributed by atoms with Crippen LogP contribution in [0.3, 0.4) is 0 Å². The SMILES string of the molecule is CCOC(=O)CC(c1cnc2ccccc2c1)n1ccc2cc(OCCc3ccc4c(n3)NCCC4)ccc21. The molecule has 0 fully saturated rings. The molecule has 0 amide bonds. The van der Waals surface area contributed by atoms with E-state index in [0.29, 0.717) is 13.2 Å². The molecule has 0 radical (unpaired) electrons.